The van der Waals surface area contributed by atoms with E-state index in [1.165, 1.54) is 5.56 Å². The van der Waals surface area contributed by atoms with Crippen molar-refractivity contribution in [1.29, 1.82) is 0 Å². The second-order valence-electron chi connectivity index (χ2n) is 4.96. The molecule has 5 heteroatoms. The number of benzene rings is 2. The van der Waals surface area contributed by atoms with Crippen molar-refractivity contribution in [3.63, 3.8) is 0 Å². The molecule has 0 heterocycles. The van der Waals surface area contributed by atoms with Crippen molar-refractivity contribution in [2.75, 3.05) is 5.75 Å². The van der Waals surface area contributed by atoms with Gasteiger partial charge in [-0.05, 0) is 36.2 Å². The van der Waals surface area contributed by atoms with Crippen LogP contribution in [-0.4, -0.2) is 17.6 Å². The first-order valence-electron chi connectivity index (χ1n) is 7.55. The van der Waals surface area contributed by atoms with E-state index >= 15 is 0 Å². The normalized spacial score (nSPS) is 10.1. The second-order valence-corrected chi connectivity index (χ2v) is 6.13. The van der Waals surface area contributed by atoms with Crippen LogP contribution in [0, 0.1) is 0 Å². The number of nitrogens with one attached hydrogen (secondary N) is 2. The van der Waals surface area contributed by atoms with Gasteiger partial charge in [0, 0.05) is 22.6 Å². The minimum Gasteiger partial charge on any atom is -0.273 e. The lowest BCUT2D eigenvalue weighted by atomic mass is 10.1. The number of carbonyl (C=O) groups is 2. The van der Waals surface area contributed by atoms with Crippen LogP contribution in [0.3, 0.4) is 0 Å². The number of hydrogen-bond acceptors (Lipinski definition) is 3. The highest BCUT2D eigenvalue weighted by molar-refractivity contribution is 7.99. The van der Waals surface area contributed by atoms with Crippen LogP contribution < -0.4 is 10.9 Å². The molecule has 0 aliphatic carbocycles. The number of hydrazine groups is 1. The molecule has 0 atom stereocenters. The number of hydrogen-bond donors (Lipinski definition) is 2. The van der Waals surface area contributed by atoms with E-state index in [1.54, 1.807) is 23.9 Å². The molecule has 0 saturated heterocycles. The smallest absolute Gasteiger partial charge is 0.269 e. The average molecular weight is 328 g/mol. The molecule has 0 aliphatic heterocycles. The molecule has 2 aromatic rings. The fourth-order valence-corrected chi connectivity index (χ4v) is 2.80. The summed E-state index contributed by atoms with van der Waals surface area (Å²) in [5.41, 5.74) is 6.58. The van der Waals surface area contributed by atoms with E-state index in [0.717, 1.165) is 11.3 Å². The molecule has 23 heavy (non-hydrogen) atoms. The highest BCUT2D eigenvalue weighted by Gasteiger charge is 2.07. The quantitative estimate of drug-likeness (QED) is 0.632. The second kappa shape index (κ2) is 9.00. The van der Waals surface area contributed by atoms with Crippen LogP contribution in [-0.2, 0) is 11.2 Å². The highest BCUT2D eigenvalue weighted by Crippen LogP contribution is 2.17. The molecule has 0 bridgehead atoms. The fourth-order valence-electron chi connectivity index (χ4n) is 1.93. The first-order chi connectivity index (χ1) is 11.2. The van der Waals surface area contributed by atoms with E-state index in [4.69, 9.17) is 0 Å². The molecule has 0 saturated carbocycles. The summed E-state index contributed by atoms with van der Waals surface area (Å²) in [5.74, 6) is 0.153. The first kappa shape index (κ1) is 17.1. The van der Waals surface area contributed by atoms with Crippen molar-refractivity contribution >= 4 is 23.6 Å². The van der Waals surface area contributed by atoms with Gasteiger partial charge in [-0.25, -0.2) is 0 Å². The minimum atomic E-state index is -0.309. The zero-order valence-electron chi connectivity index (χ0n) is 13.0. The highest BCUT2D eigenvalue weighted by atomic mass is 32.2. The van der Waals surface area contributed by atoms with Gasteiger partial charge >= 0.3 is 0 Å². The maximum absolute atomic E-state index is 11.9. The van der Waals surface area contributed by atoms with Gasteiger partial charge in [0.25, 0.3) is 5.91 Å². The molecule has 0 aliphatic rings. The molecule has 2 amide bonds. The number of amides is 2. The van der Waals surface area contributed by atoms with Gasteiger partial charge in [-0.2, -0.15) is 0 Å². The van der Waals surface area contributed by atoms with Crippen molar-refractivity contribution in [2.24, 2.45) is 0 Å². The fraction of sp³-hybridized carbons (Fsp3) is 0.222. The monoisotopic (exact) mass is 328 g/mol. The Morgan fingerprint density at radius 1 is 0.957 bits per heavy atom. The molecule has 0 unspecified atom stereocenters. The molecule has 4 nitrogen and oxygen atoms in total. The van der Waals surface area contributed by atoms with Crippen molar-refractivity contribution in [2.45, 2.75) is 24.7 Å². The van der Waals surface area contributed by atoms with E-state index in [9.17, 15) is 9.59 Å². The molecule has 0 aromatic heterocycles. The van der Waals surface area contributed by atoms with Gasteiger partial charge in [0.1, 0.15) is 0 Å². The van der Waals surface area contributed by atoms with Crippen molar-refractivity contribution in [1.82, 2.24) is 10.9 Å². The van der Waals surface area contributed by atoms with E-state index in [-0.39, 0.29) is 11.8 Å². The summed E-state index contributed by atoms with van der Waals surface area (Å²) in [6.45, 7) is 2.06. The molecule has 0 spiro atoms. The summed E-state index contributed by atoms with van der Waals surface area (Å²) in [5, 5.41) is 0. The lowest BCUT2D eigenvalue weighted by Crippen LogP contribution is -2.41. The largest absolute Gasteiger partial charge is 0.273 e. The molecular weight excluding hydrogens is 308 g/mol. The molecular formula is C18H20N2O2S. The van der Waals surface area contributed by atoms with Crippen LogP contribution in [0.4, 0.5) is 0 Å². The molecule has 2 aromatic carbocycles. The van der Waals surface area contributed by atoms with Crippen LogP contribution in [0.2, 0.25) is 0 Å². The van der Waals surface area contributed by atoms with E-state index in [2.05, 4.69) is 17.8 Å². The summed E-state index contributed by atoms with van der Waals surface area (Å²) >= 11 is 1.61. The van der Waals surface area contributed by atoms with Gasteiger partial charge in [0.15, 0.2) is 0 Å². The Labute approximate surface area is 140 Å². The van der Waals surface area contributed by atoms with E-state index < -0.39 is 0 Å². The predicted octanol–water partition coefficient (Wildman–Crippen LogP) is 3.19. The Hall–Kier alpha value is -2.27. The standard InChI is InChI=1S/C18H20N2O2S/c1-2-14-8-10-15(11-9-14)18(22)20-19-17(21)12-13-23-16-6-4-3-5-7-16/h3-11H,2,12-13H2,1H3,(H,19,21)(H,20,22). The van der Waals surface area contributed by atoms with Crippen LogP contribution in [0.25, 0.3) is 0 Å². The Morgan fingerprint density at radius 2 is 1.65 bits per heavy atom. The van der Waals surface area contributed by atoms with E-state index in [1.807, 2.05) is 42.5 Å². The Morgan fingerprint density at radius 3 is 2.30 bits per heavy atom. The Kier molecular flexibility index (Phi) is 6.69. The van der Waals surface area contributed by atoms with Crippen molar-refractivity contribution in [3.8, 4) is 0 Å². The topological polar surface area (TPSA) is 58.2 Å². The molecule has 2 rings (SSSR count). The lowest BCUT2D eigenvalue weighted by Gasteiger charge is -2.08. The SMILES string of the molecule is CCc1ccc(C(=O)NNC(=O)CCSc2ccccc2)cc1. The summed E-state index contributed by atoms with van der Waals surface area (Å²) in [6, 6.07) is 17.2. The summed E-state index contributed by atoms with van der Waals surface area (Å²) in [6.07, 6.45) is 1.27. The number of thioether (sulfide) groups is 1. The maximum atomic E-state index is 11.9. The van der Waals surface area contributed by atoms with Gasteiger partial charge in [-0.15, -0.1) is 11.8 Å². The zero-order chi connectivity index (χ0) is 16.5. The number of rotatable bonds is 6. The minimum absolute atomic E-state index is 0.202. The van der Waals surface area contributed by atoms with Gasteiger partial charge in [0.05, 0.1) is 0 Å². The van der Waals surface area contributed by atoms with Crippen LogP contribution in [0.15, 0.2) is 59.5 Å². The van der Waals surface area contributed by atoms with Gasteiger partial charge in [0.2, 0.25) is 5.91 Å². The Balaban J connectivity index is 1.70. The first-order valence-corrected chi connectivity index (χ1v) is 8.53. The van der Waals surface area contributed by atoms with E-state index in [0.29, 0.717) is 17.7 Å². The molecule has 2 N–H and O–H groups in total. The van der Waals surface area contributed by atoms with Gasteiger partial charge < -0.3 is 0 Å². The lowest BCUT2D eigenvalue weighted by molar-refractivity contribution is -0.121. The summed E-state index contributed by atoms with van der Waals surface area (Å²) in [7, 11) is 0. The number of carbonyl (C=O) groups excluding carboxylic acids is 2. The third kappa shape index (κ3) is 5.79. The van der Waals surface area contributed by atoms with Crippen molar-refractivity contribution in [3.05, 3.63) is 65.7 Å². The molecule has 0 radical (unpaired) electrons. The third-order valence-electron chi connectivity index (χ3n) is 3.28. The van der Waals surface area contributed by atoms with Crippen molar-refractivity contribution < 1.29 is 9.59 Å². The third-order valence-corrected chi connectivity index (χ3v) is 4.29. The Bertz CT molecular complexity index is 642. The summed E-state index contributed by atoms with van der Waals surface area (Å²) in [4.78, 5) is 24.8. The van der Waals surface area contributed by atoms with Gasteiger partial charge in [-0.3, -0.25) is 20.4 Å². The van der Waals surface area contributed by atoms with Crippen LogP contribution >= 0.6 is 11.8 Å². The molecule has 120 valence electrons. The van der Waals surface area contributed by atoms with Crippen LogP contribution in [0.5, 0.6) is 0 Å². The molecule has 0 fully saturated rings. The maximum Gasteiger partial charge on any atom is 0.269 e. The number of aryl methyl sites for hydroxylation is 1. The summed E-state index contributed by atoms with van der Waals surface area (Å²) < 4.78 is 0. The van der Waals surface area contributed by atoms with Gasteiger partial charge in [-0.1, -0.05) is 37.3 Å². The zero-order valence-corrected chi connectivity index (χ0v) is 13.9. The average Bonchev–Trinajstić information content (AvgIpc) is 2.60. The predicted molar refractivity (Wildman–Crippen MR) is 93.2 cm³/mol. The van der Waals surface area contributed by atoms with Crippen LogP contribution in [0.1, 0.15) is 29.3 Å².